The Labute approximate surface area is 191 Å². The summed E-state index contributed by atoms with van der Waals surface area (Å²) in [6, 6.07) is 2.28. The maximum absolute atomic E-state index is 5.02. The van der Waals surface area contributed by atoms with Crippen LogP contribution in [0.2, 0.25) is 0 Å². The van der Waals surface area contributed by atoms with Crippen LogP contribution in [0.25, 0.3) is 0 Å². The summed E-state index contributed by atoms with van der Waals surface area (Å²) in [5.74, 6) is 3.19. The number of thioether (sulfide) groups is 1. The van der Waals surface area contributed by atoms with Crippen molar-refractivity contribution in [3.63, 3.8) is 0 Å². The first-order valence-corrected chi connectivity index (χ1v) is 12.6. The van der Waals surface area contributed by atoms with Gasteiger partial charge in [-0.2, -0.15) is 0 Å². The zero-order chi connectivity index (χ0) is 22.1. The van der Waals surface area contributed by atoms with Crippen molar-refractivity contribution in [1.29, 1.82) is 0 Å². The van der Waals surface area contributed by atoms with E-state index < -0.39 is 0 Å². The van der Waals surface area contributed by atoms with Gasteiger partial charge in [0.05, 0.1) is 5.69 Å². The Hall–Kier alpha value is -1.67. The normalized spacial score (nSPS) is 19.5. The molecule has 2 aliphatic rings. The average Bonchev–Trinajstić information content (AvgIpc) is 3.13. The Bertz CT molecular complexity index is 876. The molecular formula is C23H37N7S. The molecule has 0 aromatic carbocycles. The predicted molar refractivity (Wildman–Crippen MR) is 127 cm³/mol. The number of aryl methyl sites for hydroxylation is 1. The van der Waals surface area contributed by atoms with Crippen molar-refractivity contribution in [2.24, 2.45) is 7.05 Å². The first kappa shape index (κ1) is 22.5. The van der Waals surface area contributed by atoms with Crippen molar-refractivity contribution >= 4 is 17.6 Å². The van der Waals surface area contributed by atoms with E-state index in [2.05, 4.69) is 53.8 Å². The molecule has 0 spiro atoms. The van der Waals surface area contributed by atoms with Gasteiger partial charge in [0.1, 0.15) is 18.0 Å². The smallest absolute Gasteiger partial charge is 0.190 e. The highest BCUT2D eigenvalue weighted by Gasteiger charge is 2.37. The SMILES string of the molecule is Cn1cnnc1SCCCN1CCN(c2cc(C3(C)CCC3)nc(C(C)(C)C)n2)CC1. The molecule has 8 heteroatoms. The molecule has 1 saturated heterocycles. The summed E-state index contributed by atoms with van der Waals surface area (Å²) in [6.07, 6.45) is 6.73. The van der Waals surface area contributed by atoms with Crippen molar-refractivity contribution in [3.8, 4) is 0 Å². The van der Waals surface area contributed by atoms with Gasteiger partial charge in [-0.05, 0) is 25.8 Å². The van der Waals surface area contributed by atoms with Crippen LogP contribution in [0.4, 0.5) is 5.82 Å². The van der Waals surface area contributed by atoms with E-state index in [1.807, 2.05) is 11.6 Å². The van der Waals surface area contributed by atoms with Gasteiger partial charge in [-0.25, -0.2) is 9.97 Å². The Morgan fingerprint density at radius 2 is 1.84 bits per heavy atom. The first-order valence-electron chi connectivity index (χ1n) is 11.6. The van der Waals surface area contributed by atoms with Gasteiger partial charge in [0.2, 0.25) is 0 Å². The number of piperazine rings is 1. The molecular weight excluding hydrogens is 406 g/mol. The maximum atomic E-state index is 5.02. The molecule has 2 aromatic rings. The molecule has 2 aromatic heterocycles. The highest BCUT2D eigenvalue weighted by atomic mass is 32.2. The monoisotopic (exact) mass is 443 g/mol. The third-order valence-corrected chi connectivity index (χ3v) is 7.80. The Kier molecular flexibility index (Phi) is 6.58. The molecule has 4 rings (SSSR count). The van der Waals surface area contributed by atoms with Gasteiger partial charge < -0.3 is 9.47 Å². The summed E-state index contributed by atoms with van der Waals surface area (Å²) in [4.78, 5) is 15.1. The zero-order valence-corrected chi connectivity index (χ0v) is 20.6. The molecule has 1 aliphatic carbocycles. The predicted octanol–water partition coefficient (Wildman–Crippen LogP) is 3.65. The lowest BCUT2D eigenvalue weighted by atomic mass is 9.68. The number of rotatable bonds is 7. The summed E-state index contributed by atoms with van der Waals surface area (Å²) < 4.78 is 1.98. The van der Waals surface area contributed by atoms with Crippen LogP contribution in [0, 0.1) is 0 Å². The second-order valence-corrected chi connectivity index (χ2v) is 11.4. The van der Waals surface area contributed by atoms with Crippen LogP contribution in [-0.2, 0) is 17.9 Å². The molecule has 3 heterocycles. The lowest BCUT2D eigenvalue weighted by Gasteiger charge is -2.40. The van der Waals surface area contributed by atoms with Gasteiger partial charge in [0.15, 0.2) is 5.16 Å². The topological polar surface area (TPSA) is 63.0 Å². The Balaban J connectivity index is 1.33. The number of aromatic nitrogens is 5. The van der Waals surface area contributed by atoms with Crippen molar-refractivity contribution in [3.05, 3.63) is 23.9 Å². The van der Waals surface area contributed by atoms with Crippen molar-refractivity contribution < 1.29 is 0 Å². The zero-order valence-electron chi connectivity index (χ0n) is 19.8. The summed E-state index contributed by atoms with van der Waals surface area (Å²) in [5, 5.41) is 9.09. The van der Waals surface area contributed by atoms with Gasteiger partial charge in [-0.15, -0.1) is 10.2 Å². The number of nitrogens with zero attached hydrogens (tertiary/aromatic N) is 7. The summed E-state index contributed by atoms with van der Waals surface area (Å²) in [5.41, 5.74) is 1.45. The molecule has 0 unspecified atom stereocenters. The van der Waals surface area contributed by atoms with E-state index in [4.69, 9.17) is 9.97 Å². The number of anilines is 1. The lowest BCUT2D eigenvalue weighted by Crippen LogP contribution is -2.47. The highest BCUT2D eigenvalue weighted by molar-refractivity contribution is 7.99. The van der Waals surface area contributed by atoms with E-state index in [0.29, 0.717) is 0 Å². The van der Waals surface area contributed by atoms with Crippen LogP contribution in [0.1, 0.15) is 64.9 Å². The minimum Gasteiger partial charge on any atom is -0.354 e. The quantitative estimate of drug-likeness (QED) is 0.478. The standard InChI is InChI=1S/C23H37N7S/c1-22(2,3)20-25-18(23(4)8-6-9-23)16-19(26-20)30-13-11-29(12-14-30)10-7-15-31-21-27-24-17-28(21)5/h16-17H,6-15H2,1-5H3. The fourth-order valence-electron chi connectivity index (χ4n) is 4.26. The van der Waals surface area contributed by atoms with Crippen LogP contribution < -0.4 is 4.90 Å². The third kappa shape index (κ3) is 5.22. The minimum absolute atomic E-state index is 0.0346. The Morgan fingerprint density at radius 3 is 2.42 bits per heavy atom. The van der Waals surface area contributed by atoms with E-state index in [-0.39, 0.29) is 10.8 Å². The van der Waals surface area contributed by atoms with Gasteiger partial charge in [-0.1, -0.05) is 45.9 Å². The Morgan fingerprint density at radius 1 is 1.10 bits per heavy atom. The van der Waals surface area contributed by atoms with E-state index in [9.17, 15) is 0 Å². The number of hydrogen-bond donors (Lipinski definition) is 0. The van der Waals surface area contributed by atoms with Crippen LogP contribution in [0.5, 0.6) is 0 Å². The van der Waals surface area contributed by atoms with Crippen LogP contribution >= 0.6 is 11.8 Å². The molecule has 1 aliphatic heterocycles. The lowest BCUT2D eigenvalue weighted by molar-refractivity contribution is 0.256. The molecule has 0 bridgehead atoms. The van der Waals surface area contributed by atoms with E-state index in [0.717, 1.165) is 55.3 Å². The van der Waals surface area contributed by atoms with E-state index in [1.165, 1.54) is 31.4 Å². The molecule has 1 saturated carbocycles. The van der Waals surface area contributed by atoms with Crippen LogP contribution in [0.15, 0.2) is 17.6 Å². The molecule has 0 amide bonds. The molecule has 0 atom stereocenters. The second-order valence-electron chi connectivity index (χ2n) is 10.4. The minimum atomic E-state index is -0.0346. The summed E-state index contributed by atoms with van der Waals surface area (Å²) >= 11 is 1.79. The van der Waals surface area contributed by atoms with E-state index in [1.54, 1.807) is 18.1 Å². The van der Waals surface area contributed by atoms with Crippen LogP contribution in [0.3, 0.4) is 0 Å². The fraction of sp³-hybridized carbons (Fsp3) is 0.739. The molecule has 7 nitrogen and oxygen atoms in total. The van der Waals surface area contributed by atoms with Gasteiger partial charge in [-0.3, -0.25) is 4.90 Å². The molecule has 0 radical (unpaired) electrons. The molecule has 31 heavy (non-hydrogen) atoms. The third-order valence-electron chi connectivity index (χ3n) is 6.67. The van der Waals surface area contributed by atoms with Gasteiger partial charge >= 0.3 is 0 Å². The average molecular weight is 444 g/mol. The molecule has 170 valence electrons. The number of hydrogen-bond acceptors (Lipinski definition) is 7. The molecule has 0 N–H and O–H groups in total. The van der Waals surface area contributed by atoms with Gasteiger partial charge in [0, 0.05) is 55.9 Å². The maximum Gasteiger partial charge on any atom is 0.190 e. The van der Waals surface area contributed by atoms with Crippen molar-refractivity contribution in [2.75, 3.05) is 43.4 Å². The second kappa shape index (κ2) is 9.06. The van der Waals surface area contributed by atoms with Gasteiger partial charge in [0.25, 0.3) is 0 Å². The van der Waals surface area contributed by atoms with Crippen molar-refractivity contribution in [1.82, 2.24) is 29.6 Å². The summed E-state index contributed by atoms with van der Waals surface area (Å²) in [7, 11) is 2.00. The van der Waals surface area contributed by atoms with Crippen LogP contribution in [-0.4, -0.2) is 68.1 Å². The molecule has 2 fully saturated rings. The summed E-state index contributed by atoms with van der Waals surface area (Å²) in [6.45, 7) is 14.4. The first-order chi connectivity index (χ1) is 14.7. The van der Waals surface area contributed by atoms with Crippen molar-refractivity contribution in [2.45, 2.75) is 69.4 Å². The highest BCUT2D eigenvalue weighted by Crippen LogP contribution is 2.43. The largest absolute Gasteiger partial charge is 0.354 e. The fourth-order valence-corrected chi connectivity index (χ4v) is 5.07. The van der Waals surface area contributed by atoms with E-state index >= 15 is 0 Å².